The fraction of sp³-hybridized carbons (Fsp3) is 0.750. The van der Waals surface area contributed by atoms with Crippen LogP contribution in [0.15, 0.2) is 94.8 Å². The third-order valence-electron chi connectivity index (χ3n) is 21.0. The maximum Gasteiger partial charge on any atom is 2.00 e. The monoisotopic (exact) mass is 1640 g/mol. The van der Waals surface area contributed by atoms with Crippen LogP contribution in [-0.4, -0.2) is 114 Å². The number of hydrogen-bond donors (Lipinski definition) is 0. The molecule has 0 heterocycles. The van der Waals surface area contributed by atoms with E-state index >= 15 is 0 Å². The smallest absolute Gasteiger partial charge is 0.744 e. The molecule has 0 aliphatic rings. The van der Waals surface area contributed by atoms with Crippen LogP contribution in [0.4, 0.5) is 0 Å². The van der Waals surface area contributed by atoms with Crippen LogP contribution in [0.3, 0.4) is 0 Å². The Morgan fingerprint density at radius 1 is 0.239 bits per heavy atom. The number of rotatable bonds is 78. The largest absolute Gasteiger partial charge is 2.00 e. The van der Waals surface area contributed by atoms with Crippen LogP contribution in [0.5, 0.6) is 0 Å². The van der Waals surface area contributed by atoms with E-state index in [1.165, 1.54) is 320 Å². The van der Waals surface area contributed by atoms with E-state index in [4.69, 9.17) is 18.9 Å². The van der Waals surface area contributed by atoms with E-state index in [1.54, 1.807) is 0 Å². The molecular weight excluding hydrogens is 1480 g/mol. The summed E-state index contributed by atoms with van der Waals surface area (Å²) in [6, 6.07) is 6.29. The minimum absolute atomic E-state index is 0. The Morgan fingerprint density at radius 3 is 0.558 bits per heavy atom. The summed E-state index contributed by atoms with van der Waals surface area (Å²) in [7, 11) is -9.63. The summed E-state index contributed by atoms with van der Waals surface area (Å²) in [6.45, 7) is 9.67. The quantitative estimate of drug-likeness (QED) is 0.0150. The molecular formula is C96H162CaO14S2. The molecule has 0 unspecified atom stereocenters. The predicted molar refractivity (Wildman–Crippen MR) is 470 cm³/mol. The van der Waals surface area contributed by atoms with Crippen LogP contribution < -0.4 is 0 Å². The van der Waals surface area contributed by atoms with Crippen molar-refractivity contribution in [1.82, 2.24) is 0 Å². The number of allylic oxidation sites excluding steroid dienone is 8. The minimum atomic E-state index is -4.82. The average Bonchev–Trinajstić information content (AvgIpc) is 0.814. The first-order valence-electron chi connectivity index (χ1n) is 46.1. The van der Waals surface area contributed by atoms with E-state index in [2.05, 4.69) is 76.3 Å². The summed E-state index contributed by atoms with van der Waals surface area (Å²) in [5.74, 6) is -3.09. The Kier molecular flexibility index (Phi) is 78.2. The van der Waals surface area contributed by atoms with Crippen molar-refractivity contribution in [3.05, 3.63) is 107 Å². The normalized spacial score (nSPS) is 11.8. The molecule has 113 heavy (non-hydrogen) atoms. The van der Waals surface area contributed by atoms with Gasteiger partial charge in [-0.2, -0.15) is 0 Å². The van der Waals surface area contributed by atoms with Gasteiger partial charge in [-0.1, -0.05) is 385 Å². The Morgan fingerprint density at radius 2 is 0.389 bits per heavy atom. The molecule has 0 radical (unpaired) electrons. The van der Waals surface area contributed by atoms with E-state index in [-0.39, 0.29) is 86.4 Å². The van der Waals surface area contributed by atoms with Crippen LogP contribution in [0.2, 0.25) is 0 Å². The number of carbonyl (C=O) groups excluding carboxylic acids is 4. The molecule has 2 aromatic carbocycles. The van der Waals surface area contributed by atoms with Crippen molar-refractivity contribution in [3.63, 3.8) is 0 Å². The molecule has 0 saturated heterocycles. The third kappa shape index (κ3) is 67.9. The van der Waals surface area contributed by atoms with Gasteiger partial charge in [-0.3, -0.25) is 0 Å². The maximum absolute atomic E-state index is 12.9. The van der Waals surface area contributed by atoms with E-state index < -0.39 is 53.9 Å². The second-order valence-corrected chi connectivity index (χ2v) is 34.2. The summed E-state index contributed by atoms with van der Waals surface area (Å²) in [4.78, 5) is 50.5. The number of benzene rings is 2. The van der Waals surface area contributed by atoms with Crippen LogP contribution in [0.25, 0.3) is 0 Å². The van der Waals surface area contributed by atoms with Crippen molar-refractivity contribution >= 4 is 81.9 Å². The van der Waals surface area contributed by atoms with Crippen LogP contribution in [0, 0.1) is 0 Å². The van der Waals surface area contributed by atoms with Gasteiger partial charge in [0.15, 0.2) is 0 Å². The van der Waals surface area contributed by atoms with E-state index in [9.17, 15) is 45.1 Å². The molecule has 0 saturated carbocycles. The summed E-state index contributed by atoms with van der Waals surface area (Å²) in [6.07, 6.45) is 95.7. The molecule has 2 aromatic rings. The maximum atomic E-state index is 12.9. The Labute approximate surface area is 722 Å². The average molecular weight is 1640 g/mol. The zero-order chi connectivity index (χ0) is 81.6. The molecule has 0 atom stereocenters. The van der Waals surface area contributed by atoms with Crippen molar-refractivity contribution in [2.24, 2.45) is 0 Å². The summed E-state index contributed by atoms with van der Waals surface area (Å²) in [5.41, 5.74) is -0.671. The molecule has 644 valence electrons. The van der Waals surface area contributed by atoms with Gasteiger partial charge in [0.25, 0.3) is 0 Å². The first-order valence-corrected chi connectivity index (χ1v) is 48.9. The fourth-order valence-electron chi connectivity index (χ4n) is 13.8. The Bertz CT molecular complexity index is 2740. The molecule has 0 fully saturated rings. The summed E-state index contributed by atoms with van der Waals surface area (Å²) in [5, 5.41) is 0. The topological polar surface area (TPSA) is 220 Å². The fourth-order valence-corrected chi connectivity index (χ4v) is 14.8. The Balaban J connectivity index is 0.00000220. The zero-order valence-corrected chi connectivity index (χ0v) is 76.2. The SMILES string of the molecule is CCCC/C=C/CCCCCCCCCCCCCCOC(=O)c1ccc(S(=O)(=O)[O-])cc1C(=O)OCCCCCCCCCCCCCC/C=C/CCCC.CCCC/C=C/CCCCCCCCCCCCCCOC(=O)c1ccc(S(=O)(=O)[O-])cc1C(=O)OCCCCCCCCCCCCCC/C=C/CCCC.[Ca+2]. The predicted octanol–water partition coefficient (Wildman–Crippen LogP) is 28.7. The molecule has 0 amide bonds. The molecule has 0 aromatic heterocycles. The van der Waals surface area contributed by atoms with Gasteiger partial charge in [-0.05, 0) is 139 Å². The number of esters is 4. The number of hydrogen-bond acceptors (Lipinski definition) is 14. The molecule has 0 aliphatic heterocycles. The molecule has 0 bridgehead atoms. The van der Waals surface area contributed by atoms with Crippen LogP contribution >= 0.6 is 0 Å². The molecule has 14 nitrogen and oxygen atoms in total. The van der Waals surface area contributed by atoms with Crippen LogP contribution in [0.1, 0.15) is 480 Å². The van der Waals surface area contributed by atoms with Gasteiger partial charge in [0, 0.05) is 0 Å². The van der Waals surface area contributed by atoms with Crippen molar-refractivity contribution < 1.29 is 64.1 Å². The van der Waals surface area contributed by atoms with Gasteiger partial charge in [-0.25, -0.2) is 36.0 Å². The van der Waals surface area contributed by atoms with E-state index in [0.29, 0.717) is 25.7 Å². The van der Waals surface area contributed by atoms with Crippen LogP contribution in [-0.2, 0) is 39.2 Å². The van der Waals surface area contributed by atoms with Crippen molar-refractivity contribution in [3.8, 4) is 0 Å². The van der Waals surface area contributed by atoms with Gasteiger partial charge in [0.1, 0.15) is 20.2 Å². The van der Waals surface area contributed by atoms with Gasteiger partial charge >= 0.3 is 61.6 Å². The van der Waals surface area contributed by atoms with E-state index in [1.807, 2.05) is 0 Å². The third-order valence-corrected chi connectivity index (χ3v) is 22.7. The van der Waals surface area contributed by atoms with Gasteiger partial charge in [0.05, 0.1) is 58.5 Å². The first-order chi connectivity index (χ1) is 54.6. The van der Waals surface area contributed by atoms with Crippen molar-refractivity contribution in [2.45, 2.75) is 448 Å². The number of ether oxygens (including phenoxy) is 4. The van der Waals surface area contributed by atoms with E-state index in [0.717, 1.165) is 101 Å². The Hall–Kier alpha value is -3.64. The number of carbonyl (C=O) groups is 4. The summed E-state index contributed by atoms with van der Waals surface area (Å²) >= 11 is 0. The standard InChI is InChI=1S/2C48H82O7S.Ca/c2*1-3-5-7-9-11-13-15-17-19-21-23-25-27-29-31-33-35-37-41-54-47(49)45-40-39-44(56(51,52)53)43-46(45)48(50)55-42-38-36-34-32-30-28-26-24-22-20-18-16-14-12-10-8-6-4-2;/h2*9-12,39-40,43H,3-8,13-38,41-42H2,1-2H3,(H,51,52,53);/q;;+2/p-2/b2*11-9+,12-10+;. The second-order valence-electron chi connectivity index (χ2n) is 31.4. The molecule has 17 heteroatoms. The van der Waals surface area contributed by atoms with Crippen molar-refractivity contribution in [2.75, 3.05) is 26.4 Å². The molecule has 2 rings (SSSR count). The second kappa shape index (κ2) is 80.8. The first kappa shape index (κ1) is 109. The van der Waals surface area contributed by atoms with Gasteiger partial charge < -0.3 is 28.1 Å². The van der Waals surface area contributed by atoms with Gasteiger partial charge in [-0.15, -0.1) is 0 Å². The summed E-state index contributed by atoms with van der Waals surface area (Å²) < 4.78 is 91.7. The number of unbranched alkanes of at least 4 members (excludes halogenated alkanes) is 56. The van der Waals surface area contributed by atoms with Crippen molar-refractivity contribution in [1.29, 1.82) is 0 Å². The molecule has 0 N–H and O–H groups in total. The molecule has 0 spiro atoms. The van der Waals surface area contributed by atoms with Gasteiger partial charge in [0.2, 0.25) is 0 Å². The molecule has 0 aliphatic carbocycles. The zero-order valence-electron chi connectivity index (χ0n) is 72.4. The minimum Gasteiger partial charge on any atom is -0.744 e.